The third-order valence-corrected chi connectivity index (χ3v) is 3.58. The Labute approximate surface area is 92.1 Å². The molecule has 1 aromatic heterocycles. The van der Waals surface area contributed by atoms with Crippen LogP contribution in [-0.4, -0.2) is 15.7 Å². The molecule has 1 saturated carbocycles. The highest BCUT2D eigenvalue weighted by Crippen LogP contribution is 2.56. The summed E-state index contributed by atoms with van der Waals surface area (Å²) in [7, 11) is 0. The van der Waals surface area contributed by atoms with Crippen molar-refractivity contribution in [1.29, 1.82) is 0 Å². The summed E-state index contributed by atoms with van der Waals surface area (Å²) in [4.78, 5) is 24.8. The first kappa shape index (κ1) is 9.84. The second kappa shape index (κ2) is 3.31. The fourth-order valence-corrected chi connectivity index (χ4v) is 2.67. The molecular weight excluding hydrogens is 208 g/mol. The number of ether oxygens (including phenoxy) is 1. The van der Waals surface area contributed by atoms with Crippen LogP contribution in [0.3, 0.4) is 0 Å². The Morgan fingerprint density at radius 2 is 2.31 bits per heavy atom. The average molecular weight is 222 g/mol. The van der Waals surface area contributed by atoms with Crippen molar-refractivity contribution >= 4 is 0 Å². The smallest absolute Gasteiger partial charge is 0.330 e. The van der Waals surface area contributed by atoms with Crippen LogP contribution in [0.15, 0.2) is 21.9 Å². The SMILES string of the molecule is CC[C@H]1O[C@@H](n2ccc(=O)[nH]c2=O)[C@@H]2C[C@@H]21. The highest BCUT2D eigenvalue weighted by molar-refractivity contribution is 5.02. The molecule has 0 unspecified atom stereocenters. The van der Waals surface area contributed by atoms with Crippen molar-refractivity contribution in [3.8, 4) is 0 Å². The molecule has 3 rings (SSSR count). The summed E-state index contributed by atoms with van der Waals surface area (Å²) in [5.41, 5.74) is -0.737. The monoisotopic (exact) mass is 222 g/mol. The zero-order chi connectivity index (χ0) is 11.3. The maximum absolute atomic E-state index is 11.6. The van der Waals surface area contributed by atoms with Gasteiger partial charge in [0.2, 0.25) is 0 Å². The van der Waals surface area contributed by atoms with Gasteiger partial charge in [-0.05, 0) is 18.8 Å². The molecule has 2 heterocycles. The fraction of sp³-hybridized carbons (Fsp3) is 0.636. The van der Waals surface area contributed by atoms with E-state index in [1.54, 1.807) is 0 Å². The van der Waals surface area contributed by atoms with Crippen molar-refractivity contribution in [3.63, 3.8) is 0 Å². The Bertz CT molecular complexity index is 518. The van der Waals surface area contributed by atoms with Crippen molar-refractivity contribution in [2.75, 3.05) is 0 Å². The number of hydrogen-bond acceptors (Lipinski definition) is 3. The van der Waals surface area contributed by atoms with Gasteiger partial charge < -0.3 is 4.74 Å². The van der Waals surface area contributed by atoms with Gasteiger partial charge in [-0.25, -0.2) is 4.79 Å². The summed E-state index contributed by atoms with van der Waals surface area (Å²) in [6, 6.07) is 1.36. The van der Waals surface area contributed by atoms with Crippen LogP contribution in [-0.2, 0) is 4.74 Å². The van der Waals surface area contributed by atoms with Gasteiger partial charge in [0.1, 0.15) is 6.23 Å². The summed E-state index contributed by atoms with van der Waals surface area (Å²) in [6.07, 6.45) is 3.73. The van der Waals surface area contributed by atoms with Crippen LogP contribution in [0.5, 0.6) is 0 Å². The Morgan fingerprint density at radius 1 is 1.50 bits per heavy atom. The third kappa shape index (κ3) is 1.35. The molecule has 1 aromatic rings. The van der Waals surface area contributed by atoms with Crippen LogP contribution in [0, 0.1) is 11.8 Å². The van der Waals surface area contributed by atoms with Crippen molar-refractivity contribution in [2.24, 2.45) is 11.8 Å². The van der Waals surface area contributed by atoms with E-state index in [1.807, 2.05) is 0 Å². The standard InChI is InChI=1S/C11H14N2O3/c1-2-8-6-5-7(6)10(16-8)13-4-3-9(14)12-11(13)15/h3-4,6-8,10H,2,5H2,1H3,(H,12,14,15)/t6-,7+,8+,10+/m0/s1. The molecule has 5 heteroatoms. The van der Waals surface area contributed by atoms with Gasteiger partial charge in [-0.1, -0.05) is 6.92 Å². The maximum Gasteiger partial charge on any atom is 0.330 e. The Balaban J connectivity index is 1.94. The molecule has 1 saturated heterocycles. The van der Waals surface area contributed by atoms with Gasteiger partial charge in [-0.15, -0.1) is 0 Å². The Kier molecular flexibility index (Phi) is 2.04. The molecule has 86 valence electrons. The molecule has 1 aliphatic carbocycles. The van der Waals surface area contributed by atoms with Gasteiger partial charge in [0.25, 0.3) is 5.56 Å². The first-order valence-electron chi connectivity index (χ1n) is 5.67. The van der Waals surface area contributed by atoms with E-state index in [1.165, 1.54) is 16.8 Å². The minimum Gasteiger partial charge on any atom is -0.354 e. The molecule has 0 radical (unpaired) electrons. The van der Waals surface area contributed by atoms with E-state index in [0.29, 0.717) is 11.8 Å². The van der Waals surface area contributed by atoms with Crippen molar-refractivity contribution in [1.82, 2.24) is 9.55 Å². The highest BCUT2D eigenvalue weighted by atomic mass is 16.5. The summed E-state index contributed by atoms with van der Waals surface area (Å²) >= 11 is 0. The van der Waals surface area contributed by atoms with E-state index in [2.05, 4.69) is 11.9 Å². The van der Waals surface area contributed by atoms with Crippen LogP contribution in [0.25, 0.3) is 0 Å². The van der Waals surface area contributed by atoms with Gasteiger partial charge in [0.15, 0.2) is 0 Å². The van der Waals surface area contributed by atoms with Crippen LogP contribution in [0.2, 0.25) is 0 Å². The van der Waals surface area contributed by atoms with E-state index in [4.69, 9.17) is 4.74 Å². The molecule has 0 amide bonds. The second-order valence-corrected chi connectivity index (χ2v) is 4.55. The topological polar surface area (TPSA) is 64.1 Å². The van der Waals surface area contributed by atoms with Crippen LogP contribution < -0.4 is 11.2 Å². The number of aromatic nitrogens is 2. The number of rotatable bonds is 2. The lowest BCUT2D eigenvalue weighted by atomic mass is 10.2. The molecule has 2 aliphatic rings. The first-order chi connectivity index (χ1) is 7.70. The third-order valence-electron chi connectivity index (χ3n) is 3.58. The quantitative estimate of drug-likeness (QED) is 0.791. The minimum atomic E-state index is -0.375. The number of aromatic amines is 1. The van der Waals surface area contributed by atoms with Gasteiger partial charge >= 0.3 is 5.69 Å². The summed E-state index contributed by atoms with van der Waals surface area (Å²) in [6.45, 7) is 2.10. The largest absolute Gasteiger partial charge is 0.354 e. The van der Waals surface area contributed by atoms with E-state index in [0.717, 1.165) is 12.8 Å². The number of H-pyrrole nitrogens is 1. The first-order valence-corrected chi connectivity index (χ1v) is 5.67. The highest BCUT2D eigenvalue weighted by Gasteiger charge is 2.55. The molecule has 1 N–H and O–H groups in total. The minimum absolute atomic E-state index is 0.181. The van der Waals surface area contributed by atoms with Gasteiger partial charge in [0.05, 0.1) is 6.10 Å². The van der Waals surface area contributed by atoms with E-state index in [9.17, 15) is 9.59 Å². The lowest BCUT2D eigenvalue weighted by molar-refractivity contribution is -0.0316. The maximum atomic E-state index is 11.6. The number of fused-ring (bicyclic) bond motifs is 1. The number of nitrogens with zero attached hydrogens (tertiary/aromatic N) is 1. The van der Waals surface area contributed by atoms with Crippen LogP contribution in [0.4, 0.5) is 0 Å². The molecule has 0 bridgehead atoms. The van der Waals surface area contributed by atoms with Gasteiger partial charge in [-0.2, -0.15) is 0 Å². The zero-order valence-electron chi connectivity index (χ0n) is 9.05. The van der Waals surface area contributed by atoms with Crippen molar-refractivity contribution < 1.29 is 4.74 Å². The summed E-state index contributed by atoms with van der Waals surface area (Å²) < 4.78 is 7.32. The molecule has 0 spiro atoms. The molecule has 5 nitrogen and oxygen atoms in total. The lowest BCUT2D eigenvalue weighted by Gasteiger charge is -2.18. The number of nitrogens with one attached hydrogen (secondary N) is 1. The van der Waals surface area contributed by atoms with E-state index < -0.39 is 0 Å². The normalized spacial score (nSPS) is 36.1. The van der Waals surface area contributed by atoms with Crippen molar-refractivity contribution in [3.05, 3.63) is 33.1 Å². The van der Waals surface area contributed by atoms with E-state index in [-0.39, 0.29) is 23.6 Å². The zero-order valence-corrected chi connectivity index (χ0v) is 9.05. The van der Waals surface area contributed by atoms with Crippen LogP contribution in [0.1, 0.15) is 26.0 Å². The lowest BCUT2D eigenvalue weighted by Crippen LogP contribution is -2.32. The Morgan fingerprint density at radius 3 is 2.94 bits per heavy atom. The Hall–Kier alpha value is -1.36. The van der Waals surface area contributed by atoms with E-state index >= 15 is 0 Å². The van der Waals surface area contributed by atoms with Crippen LogP contribution >= 0.6 is 0 Å². The molecule has 16 heavy (non-hydrogen) atoms. The molecular formula is C11H14N2O3. The second-order valence-electron chi connectivity index (χ2n) is 4.55. The predicted molar refractivity (Wildman–Crippen MR) is 57.1 cm³/mol. The molecule has 4 atom stereocenters. The molecule has 1 aliphatic heterocycles. The number of hydrogen-bond donors (Lipinski definition) is 1. The predicted octanol–water partition coefficient (Wildman–Crippen LogP) is 0.480. The average Bonchev–Trinajstić information content (AvgIpc) is 2.96. The fourth-order valence-electron chi connectivity index (χ4n) is 2.67. The van der Waals surface area contributed by atoms with Gasteiger partial charge in [0, 0.05) is 18.2 Å². The molecule has 0 aromatic carbocycles. The van der Waals surface area contributed by atoms with Gasteiger partial charge in [-0.3, -0.25) is 14.3 Å². The molecule has 2 fully saturated rings. The van der Waals surface area contributed by atoms with Crippen molar-refractivity contribution in [2.45, 2.75) is 32.1 Å². The summed E-state index contributed by atoms with van der Waals surface area (Å²) in [5, 5.41) is 0. The summed E-state index contributed by atoms with van der Waals surface area (Å²) in [5.74, 6) is 1.06.